The number of phenols is 2. The van der Waals surface area contributed by atoms with Crippen LogP contribution >= 0.6 is 0 Å². The van der Waals surface area contributed by atoms with Crippen LogP contribution in [0, 0.1) is 0 Å². The average Bonchev–Trinajstić information content (AvgIpc) is 2.43. The topological polar surface area (TPSA) is 92.5 Å². The molecule has 0 atom stereocenters. The van der Waals surface area contributed by atoms with Gasteiger partial charge in [-0.2, -0.15) is 0 Å². The maximum Gasteiger partial charge on any atom is 0.122 e. The zero-order chi connectivity index (χ0) is 14.5. The summed E-state index contributed by atoms with van der Waals surface area (Å²) in [5.74, 6) is 0.261. The molecule has 6 N–H and O–H groups in total. The fraction of sp³-hybridized carbons (Fsp3) is 0. The average molecular weight is 323 g/mol. The van der Waals surface area contributed by atoms with Crippen LogP contribution in [0.4, 0.5) is 0 Å². The Hall–Kier alpha value is -2.36. The molecule has 109 valence electrons. The Morgan fingerprint density at radius 3 is 1.38 bits per heavy atom. The molecule has 0 bridgehead atoms. The molecular weight excluding hydrogens is 307 g/mol. The van der Waals surface area contributed by atoms with Crippen LogP contribution in [0.5, 0.6) is 11.5 Å². The predicted molar refractivity (Wildman–Crippen MR) is 80.5 cm³/mol. The fourth-order valence-electron chi connectivity index (χ4n) is 1.72. The largest absolute Gasteiger partial charge is 0.507 e. The molecule has 0 aromatic heterocycles. The standard InChI is InChI=1S/C16H16N2O2.Mn/c17-13(9-11-5-1-3-7-15(11)19)14(18)10-12-6-2-4-8-16(12)20;/h1-10,19-20H,17-18H2;. The van der Waals surface area contributed by atoms with E-state index in [0.29, 0.717) is 22.5 Å². The summed E-state index contributed by atoms with van der Waals surface area (Å²) < 4.78 is 0. The van der Waals surface area contributed by atoms with Gasteiger partial charge in [-0.05, 0) is 24.3 Å². The zero-order valence-corrected chi connectivity index (χ0v) is 12.4. The summed E-state index contributed by atoms with van der Waals surface area (Å²) in [6, 6.07) is 13.6. The minimum atomic E-state index is 0. The van der Waals surface area contributed by atoms with E-state index in [-0.39, 0.29) is 28.6 Å². The smallest absolute Gasteiger partial charge is 0.122 e. The van der Waals surface area contributed by atoms with Crippen molar-refractivity contribution >= 4 is 12.2 Å². The molecule has 2 aromatic rings. The third-order valence-electron chi connectivity index (χ3n) is 2.83. The van der Waals surface area contributed by atoms with Gasteiger partial charge in [-0.25, -0.2) is 0 Å². The van der Waals surface area contributed by atoms with Gasteiger partial charge in [0, 0.05) is 28.2 Å². The monoisotopic (exact) mass is 323 g/mol. The van der Waals surface area contributed by atoms with E-state index in [1.807, 2.05) is 0 Å². The molecule has 2 aromatic carbocycles. The first kappa shape index (κ1) is 16.7. The van der Waals surface area contributed by atoms with Crippen LogP contribution in [0.2, 0.25) is 0 Å². The molecule has 0 amide bonds. The number of phenolic OH excluding ortho intramolecular Hbond substituents is 2. The van der Waals surface area contributed by atoms with Crippen LogP contribution in [0.25, 0.3) is 12.2 Å². The zero-order valence-electron chi connectivity index (χ0n) is 11.2. The molecule has 1 radical (unpaired) electrons. The molecule has 0 saturated carbocycles. The summed E-state index contributed by atoms with van der Waals surface area (Å²) >= 11 is 0. The van der Waals surface area contributed by atoms with E-state index < -0.39 is 0 Å². The van der Waals surface area contributed by atoms with Crippen molar-refractivity contribution in [3.8, 4) is 11.5 Å². The van der Waals surface area contributed by atoms with Gasteiger partial charge in [-0.3, -0.25) is 0 Å². The van der Waals surface area contributed by atoms with Gasteiger partial charge in [0.15, 0.2) is 0 Å². The maximum absolute atomic E-state index is 9.67. The number of hydrogen-bond acceptors (Lipinski definition) is 4. The Balaban J connectivity index is 0.00000220. The molecule has 0 aliphatic carbocycles. The second-order valence-electron chi connectivity index (χ2n) is 4.32. The van der Waals surface area contributed by atoms with E-state index >= 15 is 0 Å². The SMILES string of the molecule is NC(=Cc1ccccc1O)C(N)=Cc1ccccc1O.[Mn]. The van der Waals surface area contributed by atoms with E-state index in [2.05, 4.69) is 0 Å². The Morgan fingerprint density at radius 2 is 1.05 bits per heavy atom. The summed E-state index contributed by atoms with van der Waals surface area (Å²) in [5, 5.41) is 19.3. The maximum atomic E-state index is 9.67. The number of rotatable bonds is 3. The van der Waals surface area contributed by atoms with E-state index in [1.54, 1.807) is 60.7 Å². The third-order valence-corrected chi connectivity index (χ3v) is 2.83. The van der Waals surface area contributed by atoms with Gasteiger partial charge in [0.25, 0.3) is 0 Å². The second-order valence-corrected chi connectivity index (χ2v) is 4.32. The Kier molecular flexibility index (Phi) is 5.91. The van der Waals surface area contributed by atoms with Crippen LogP contribution < -0.4 is 11.5 Å². The Labute approximate surface area is 133 Å². The summed E-state index contributed by atoms with van der Waals surface area (Å²) in [7, 11) is 0. The predicted octanol–water partition coefficient (Wildman–Crippen LogP) is 2.39. The first-order chi connectivity index (χ1) is 9.58. The van der Waals surface area contributed by atoms with Crippen molar-refractivity contribution in [2.45, 2.75) is 0 Å². The number of nitrogens with two attached hydrogens (primary N) is 2. The van der Waals surface area contributed by atoms with Crippen molar-refractivity contribution in [3.05, 3.63) is 71.1 Å². The molecular formula is C16H16MnN2O2. The first-order valence-corrected chi connectivity index (χ1v) is 6.08. The van der Waals surface area contributed by atoms with Gasteiger partial charge >= 0.3 is 0 Å². The number of para-hydroxylation sites is 2. The molecule has 0 heterocycles. The van der Waals surface area contributed by atoms with Crippen molar-refractivity contribution in [2.75, 3.05) is 0 Å². The minimum absolute atomic E-state index is 0. The number of benzene rings is 2. The van der Waals surface area contributed by atoms with Gasteiger partial charge in [0.1, 0.15) is 11.5 Å². The number of aromatic hydroxyl groups is 2. The van der Waals surface area contributed by atoms with E-state index in [4.69, 9.17) is 11.5 Å². The van der Waals surface area contributed by atoms with Gasteiger partial charge in [-0.15, -0.1) is 0 Å². The van der Waals surface area contributed by atoms with Crippen molar-refractivity contribution in [2.24, 2.45) is 11.5 Å². The van der Waals surface area contributed by atoms with E-state index in [0.717, 1.165) is 0 Å². The van der Waals surface area contributed by atoms with E-state index in [9.17, 15) is 10.2 Å². The van der Waals surface area contributed by atoms with Gasteiger partial charge < -0.3 is 21.7 Å². The Bertz CT molecular complexity index is 622. The van der Waals surface area contributed by atoms with Crippen molar-refractivity contribution < 1.29 is 27.3 Å². The Morgan fingerprint density at radius 1 is 0.714 bits per heavy atom. The van der Waals surface area contributed by atoms with Crippen LogP contribution in [-0.2, 0) is 17.1 Å². The number of hydrogen-bond donors (Lipinski definition) is 4. The molecule has 0 aliphatic rings. The fourth-order valence-corrected chi connectivity index (χ4v) is 1.72. The van der Waals surface area contributed by atoms with Crippen molar-refractivity contribution in [1.29, 1.82) is 0 Å². The van der Waals surface area contributed by atoms with Gasteiger partial charge in [-0.1, -0.05) is 36.4 Å². The molecule has 5 heteroatoms. The van der Waals surface area contributed by atoms with Crippen molar-refractivity contribution in [3.63, 3.8) is 0 Å². The van der Waals surface area contributed by atoms with E-state index in [1.165, 1.54) is 0 Å². The molecule has 0 fully saturated rings. The minimum Gasteiger partial charge on any atom is -0.507 e. The molecule has 0 unspecified atom stereocenters. The van der Waals surface area contributed by atoms with Crippen LogP contribution in [-0.4, -0.2) is 10.2 Å². The van der Waals surface area contributed by atoms with Crippen LogP contribution in [0.15, 0.2) is 59.9 Å². The molecule has 21 heavy (non-hydrogen) atoms. The quantitative estimate of drug-likeness (QED) is 0.515. The van der Waals surface area contributed by atoms with Crippen LogP contribution in [0.3, 0.4) is 0 Å². The summed E-state index contributed by atoms with van der Waals surface area (Å²) in [6.45, 7) is 0. The summed E-state index contributed by atoms with van der Waals surface area (Å²) in [6.07, 6.45) is 3.17. The summed E-state index contributed by atoms with van der Waals surface area (Å²) in [4.78, 5) is 0. The molecule has 0 saturated heterocycles. The normalized spacial score (nSPS) is 11.8. The van der Waals surface area contributed by atoms with Crippen molar-refractivity contribution in [1.82, 2.24) is 0 Å². The molecule has 0 aliphatic heterocycles. The van der Waals surface area contributed by atoms with Gasteiger partial charge in [0.05, 0.1) is 11.4 Å². The molecule has 2 rings (SSSR count). The second kappa shape index (κ2) is 7.43. The van der Waals surface area contributed by atoms with Gasteiger partial charge in [0.2, 0.25) is 0 Å². The molecule has 4 nitrogen and oxygen atoms in total. The van der Waals surface area contributed by atoms with Crippen LogP contribution in [0.1, 0.15) is 11.1 Å². The summed E-state index contributed by atoms with van der Waals surface area (Å²) in [5.41, 5.74) is 13.6. The first-order valence-electron chi connectivity index (χ1n) is 6.08. The third kappa shape index (κ3) is 4.31. The molecule has 0 spiro atoms.